The molecule has 0 aliphatic heterocycles. The van der Waals surface area contributed by atoms with E-state index in [0.717, 1.165) is 6.42 Å². The van der Waals surface area contributed by atoms with Crippen molar-refractivity contribution in [2.45, 2.75) is 32.2 Å². The van der Waals surface area contributed by atoms with Crippen molar-refractivity contribution in [2.24, 2.45) is 5.73 Å². The number of hydrogen-bond acceptors (Lipinski definition) is 3. The van der Waals surface area contributed by atoms with E-state index in [4.69, 9.17) is 10.5 Å². The van der Waals surface area contributed by atoms with Gasteiger partial charge in [-0.15, -0.1) is 0 Å². The SMILES string of the molecule is CCCC(N)C(=O)Nc1ccccc1OCC(F)F. The van der Waals surface area contributed by atoms with Gasteiger partial charge in [-0.05, 0) is 18.6 Å². The van der Waals surface area contributed by atoms with E-state index in [1.807, 2.05) is 6.92 Å². The van der Waals surface area contributed by atoms with Crippen LogP contribution < -0.4 is 15.8 Å². The minimum atomic E-state index is -2.56. The number of carbonyl (C=O) groups excluding carboxylic acids is 1. The maximum absolute atomic E-state index is 12.1. The van der Waals surface area contributed by atoms with Crippen LogP contribution in [0.4, 0.5) is 14.5 Å². The summed E-state index contributed by atoms with van der Waals surface area (Å²) in [6.07, 6.45) is -1.21. The fourth-order valence-electron chi connectivity index (χ4n) is 1.52. The number of halogens is 2. The smallest absolute Gasteiger partial charge is 0.272 e. The van der Waals surface area contributed by atoms with Gasteiger partial charge in [0.25, 0.3) is 6.43 Å². The largest absolute Gasteiger partial charge is 0.485 e. The number of alkyl halides is 2. The predicted molar refractivity (Wildman–Crippen MR) is 69.5 cm³/mol. The average Bonchev–Trinajstić information content (AvgIpc) is 2.37. The van der Waals surface area contributed by atoms with Crippen LogP contribution in [0.5, 0.6) is 5.75 Å². The molecule has 0 bridgehead atoms. The molecule has 0 saturated carbocycles. The lowest BCUT2D eigenvalue weighted by Crippen LogP contribution is -2.35. The van der Waals surface area contributed by atoms with E-state index >= 15 is 0 Å². The third-order valence-electron chi connectivity index (χ3n) is 2.45. The first-order chi connectivity index (χ1) is 9.04. The van der Waals surface area contributed by atoms with Crippen molar-refractivity contribution in [3.63, 3.8) is 0 Å². The third kappa shape index (κ3) is 5.21. The Hall–Kier alpha value is -1.69. The van der Waals surface area contributed by atoms with E-state index in [1.165, 1.54) is 6.07 Å². The Morgan fingerprint density at radius 2 is 2.11 bits per heavy atom. The predicted octanol–water partition coefficient (Wildman–Crippen LogP) is 2.40. The Morgan fingerprint density at radius 3 is 2.74 bits per heavy atom. The van der Waals surface area contributed by atoms with Gasteiger partial charge in [-0.1, -0.05) is 25.5 Å². The zero-order valence-corrected chi connectivity index (χ0v) is 10.7. The van der Waals surface area contributed by atoms with Gasteiger partial charge in [-0.3, -0.25) is 4.79 Å². The van der Waals surface area contributed by atoms with Crippen molar-refractivity contribution in [1.82, 2.24) is 0 Å². The maximum atomic E-state index is 12.1. The molecule has 0 heterocycles. The van der Waals surface area contributed by atoms with Gasteiger partial charge in [0.15, 0.2) is 0 Å². The molecule has 3 N–H and O–H groups in total. The van der Waals surface area contributed by atoms with E-state index in [-0.39, 0.29) is 11.7 Å². The first-order valence-electron chi connectivity index (χ1n) is 6.11. The molecule has 106 valence electrons. The van der Waals surface area contributed by atoms with Crippen molar-refractivity contribution in [2.75, 3.05) is 11.9 Å². The van der Waals surface area contributed by atoms with Crippen molar-refractivity contribution in [3.05, 3.63) is 24.3 Å². The van der Waals surface area contributed by atoms with Crippen molar-refractivity contribution >= 4 is 11.6 Å². The number of hydrogen-bond donors (Lipinski definition) is 2. The molecular weight excluding hydrogens is 254 g/mol. The molecule has 1 aromatic carbocycles. The normalized spacial score (nSPS) is 12.3. The van der Waals surface area contributed by atoms with Gasteiger partial charge >= 0.3 is 0 Å². The molecule has 0 aliphatic rings. The van der Waals surface area contributed by atoms with Gasteiger partial charge < -0.3 is 15.8 Å². The van der Waals surface area contributed by atoms with E-state index in [0.29, 0.717) is 12.1 Å². The van der Waals surface area contributed by atoms with E-state index < -0.39 is 19.1 Å². The second-order valence-electron chi connectivity index (χ2n) is 4.08. The second-order valence-corrected chi connectivity index (χ2v) is 4.08. The summed E-state index contributed by atoms with van der Waals surface area (Å²) in [6, 6.07) is 5.80. The lowest BCUT2D eigenvalue weighted by molar-refractivity contribution is -0.117. The summed E-state index contributed by atoms with van der Waals surface area (Å²) in [7, 11) is 0. The highest BCUT2D eigenvalue weighted by atomic mass is 19.3. The number of rotatable bonds is 7. The molecule has 1 rings (SSSR count). The van der Waals surface area contributed by atoms with Gasteiger partial charge in [0.1, 0.15) is 12.4 Å². The van der Waals surface area contributed by atoms with Crippen LogP contribution in [0.15, 0.2) is 24.3 Å². The van der Waals surface area contributed by atoms with Gasteiger partial charge in [0.05, 0.1) is 11.7 Å². The zero-order valence-electron chi connectivity index (χ0n) is 10.7. The van der Waals surface area contributed by atoms with Crippen LogP contribution in [0.2, 0.25) is 0 Å². The molecule has 0 fully saturated rings. The van der Waals surface area contributed by atoms with E-state index in [2.05, 4.69) is 5.32 Å². The summed E-state index contributed by atoms with van der Waals surface area (Å²) >= 11 is 0. The number of anilines is 1. The summed E-state index contributed by atoms with van der Waals surface area (Å²) in [5.41, 5.74) is 6.02. The molecule has 19 heavy (non-hydrogen) atoms. The molecular formula is C13H18F2N2O2. The molecule has 1 amide bonds. The first kappa shape index (κ1) is 15.4. The Morgan fingerprint density at radius 1 is 1.42 bits per heavy atom. The molecule has 0 aliphatic carbocycles. The summed E-state index contributed by atoms with van der Waals surface area (Å²) in [5, 5.41) is 2.59. The number of amides is 1. The van der Waals surface area contributed by atoms with E-state index in [9.17, 15) is 13.6 Å². The molecule has 0 radical (unpaired) electrons. The Labute approximate surface area is 110 Å². The Kier molecular flexibility index (Phi) is 6.21. The number of carbonyl (C=O) groups is 1. The van der Waals surface area contributed by atoms with Crippen molar-refractivity contribution in [3.8, 4) is 5.75 Å². The van der Waals surface area contributed by atoms with Crippen LogP contribution in [-0.2, 0) is 4.79 Å². The Bertz CT molecular complexity index is 413. The zero-order chi connectivity index (χ0) is 14.3. The van der Waals surface area contributed by atoms with Crippen LogP contribution in [-0.4, -0.2) is 25.0 Å². The summed E-state index contributed by atoms with van der Waals surface area (Å²) in [6.45, 7) is 1.21. The summed E-state index contributed by atoms with van der Waals surface area (Å²) in [4.78, 5) is 11.8. The number of nitrogens with two attached hydrogens (primary N) is 1. The standard InChI is InChI=1S/C13H18F2N2O2/c1-2-5-9(16)13(18)17-10-6-3-4-7-11(10)19-8-12(14)15/h3-4,6-7,9,12H,2,5,8,16H2,1H3,(H,17,18). The molecule has 6 heteroatoms. The quantitative estimate of drug-likeness (QED) is 0.801. The van der Waals surface area contributed by atoms with Crippen molar-refractivity contribution in [1.29, 1.82) is 0 Å². The minimum absolute atomic E-state index is 0.208. The lowest BCUT2D eigenvalue weighted by atomic mass is 10.1. The summed E-state index contributed by atoms with van der Waals surface area (Å²) < 4.78 is 29.2. The molecule has 1 atom stereocenters. The van der Waals surface area contributed by atoms with Gasteiger partial charge in [0.2, 0.25) is 5.91 Å². The summed E-state index contributed by atoms with van der Waals surface area (Å²) in [5.74, 6) is -0.144. The minimum Gasteiger partial charge on any atom is -0.485 e. The van der Waals surface area contributed by atoms with Gasteiger partial charge in [-0.25, -0.2) is 8.78 Å². The molecule has 0 saturated heterocycles. The average molecular weight is 272 g/mol. The highest BCUT2D eigenvalue weighted by Gasteiger charge is 2.15. The molecule has 4 nitrogen and oxygen atoms in total. The van der Waals surface area contributed by atoms with Crippen LogP contribution in [0.1, 0.15) is 19.8 Å². The highest BCUT2D eigenvalue weighted by molar-refractivity contribution is 5.95. The first-order valence-corrected chi connectivity index (χ1v) is 6.11. The highest BCUT2D eigenvalue weighted by Crippen LogP contribution is 2.24. The fourth-order valence-corrected chi connectivity index (χ4v) is 1.52. The number of ether oxygens (including phenoxy) is 1. The number of benzene rings is 1. The van der Waals surface area contributed by atoms with Crippen molar-refractivity contribution < 1.29 is 18.3 Å². The number of para-hydroxylation sites is 2. The lowest BCUT2D eigenvalue weighted by Gasteiger charge is -2.14. The second kappa shape index (κ2) is 7.68. The number of nitrogens with one attached hydrogen (secondary N) is 1. The van der Waals surface area contributed by atoms with Crippen LogP contribution in [0, 0.1) is 0 Å². The monoisotopic (exact) mass is 272 g/mol. The maximum Gasteiger partial charge on any atom is 0.272 e. The molecule has 1 aromatic rings. The van der Waals surface area contributed by atoms with Gasteiger partial charge in [-0.2, -0.15) is 0 Å². The van der Waals surface area contributed by atoms with Gasteiger partial charge in [0, 0.05) is 0 Å². The molecule has 0 spiro atoms. The molecule has 0 aromatic heterocycles. The Balaban J connectivity index is 2.69. The van der Waals surface area contributed by atoms with Crippen LogP contribution in [0.25, 0.3) is 0 Å². The fraction of sp³-hybridized carbons (Fsp3) is 0.462. The van der Waals surface area contributed by atoms with Crippen LogP contribution in [0.3, 0.4) is 0 Å². The van der Waals surface area contributed by atoms with Crippen LogP contribution >= 0.6 is 0 Å². The van der Waals surface area contributed by atoms with E-state index in [1.54, 1.807) is 18.2 Å². The topological polar surface area (TPSA) is 64.4 Å². The third-order valence-corrected chi connectivity index (χ3v) is 2.45. The molecule has 1 unspecified atom stereocenters.